The first-order valence-corrected chi connectivity index (χ1v) is 9.40. The number of ether oxygens (including phenoxy) is 1. The summed E-state index contributed by atoms with van der Waals surface area (Å²) in [5.41, 5.74) is 2.11. The first kappa shape index (κ1) is 18.4. The van der Waals surface area contributed by atoms with Gasteiger partial charge < -0.3 is 14.7 Å². The van der Waals surface area contributed by atoms with E-state index < -0.39 is 6.10 Å². The Hall–Kier alpha value is -1.43. The molecule has 25 heavy (non-hydrogen) atoms. The standard InChI is InChI=1S/C20H30N2O3/c1-3-25-15-18(23)14-21-9-11-22(12-10-21)19(24)20(7-8-20)17-6-4-5-16(2)13-17/h4-6,13,18,23H,3,7-12,14-15H2,1-2H3/t18-/m0/s1. The Kier molecular flexibility index (Phi) is 5.77. The number of β-amino-alcohol motifs (C(OH)–C–C–N with tert-alkyl or cyclic N) is 1. The van der Waals surface area contributed by atoms with Crippen LogP contribution in [-0.2, 0) is 14.9 Å². The van der Waals surface area contributed by atoms with Gasteiger partial charge in [-0.05, 0) is 32.3 Å². The average molecular weight is 346 g/mol. The van der Waals surface area contributed by atoms with Gasteiger partial charge in [-0.3, -0.25) is 9.69 Å². The zero-order valence-electron chi connectivity index (χ0n) is 15.4. The summed E-state index contributed by atoms with van der Waals surface area (Å²) in [7, 11) is 0. The average Bonchev–Trinajstić information content (AvgIpc) is 3.42. The maximum atomic E-state index is 13.1. The molecule has 0 aromatic heterocycles. The normalized spacial score (nSPS) is 21.2. The van der Waals surface area contributed by atoms with E-state index >= 15 is 0 Å². The number of hydrogen-bond acceptors (Lipinski definition) is 4. The minimum Gasteiger partial charge on any atom is -0.389 e. The number of aryl methyl sites for hydroxylation is 1. The Balaban J connectivity index is 1.54. The van der Waals surface area contributed by atoms with Gasteiger partial charge in [0.15, 0.2) is 0 Å². The first-order chi connectivity index (χ1) is 12.0. The molecule has 1 atom stereocenters. The van der Waals surface area contributed by atoms with Crippen molar-refractivity contribution in [2.75, 3.05) is 45.9 Å². The van der Waals surface area contributed by atoms with Crippen LogP contribution >= 0.6 is 0 Å². The van der Waals surface area contributed by atoms with E-state index in [1.54, 1.807) is 0 Å². The van der Waals surface area contributed by atoms with Gasteiger partial charge in [0, 0.05) is 39.3 Å². The van der Waals surface area contributed by atoms with Crippen LogP contribution in [-0.4, -0.2) is 72.9 Å². The second-order valence-corrected chi connectivity index (χ2v) is 7.36. The van der Waals surface area contributed by atoms with Crippen LogP contribution in [0.5, 0.6) is 0 Å². The molecule has 1 saturated carbocycles. The predicted molar refractivity (Wildman–Crippen MR) is 97.6 cm³/mol. The molecule has 0 spiro atoms. The summed E-state index contributed by atoms with van der Waals surface area (Å²) >= 11 is 0. The summed E-state index contributed by atoms with van der Waals surface area (Å²) in [4.78, 5) is 17.3. The number of rotatable bonds is 7. The fourth-order valence-electron chi connectivity index (χ4n) is 3.73. The second-order valence-electron chi connectivity index (χ2n) is 7.36. The summed E-state index contributed by atoms with van der Waals surface area (Å²) in [5.74, 6) is 0.285. The van der Waals surface area contributed by atoms with Crippen LogP contribution in [0.15, 0.2) is 24.3 Å². The zero-order valence-corrected chi connectivity index (χ0v) is 15.4. The van der Waals surface area contributed by atoms with Crippen molar-refractivity contribution in [3.05, 3.63) is 35.4 Å². The summed E-state index contributed by atoms with van der Waals surface area (Å²) in [6.45, 7) is 8.76. The van der Waals surface area contributed by atoms with Crippen LogP contribution < -0.4 is 0 Å². The van der Waals surface area contributed by atoms with Crippen LogP contribution in [0.4, 0.5) is 0 Å². The van der Waals surface area contributed by atoms with Crippen molar-refractivity contribution in [2.24, 2.45) is 0 Å². The quantitative estimate of drug-likeness (QED) is 0.814. The van der Waals surface area contributed by atoms with Gasteiger partial charge in [0.1, 0.15) is 0 Å². The van der Waals surface area contributed by atoms with E-state index in [-0.39, 0.29) is 11.3 Å². The van der Waals surface area contributed by atoms with Gasteiger partial charge in [0.25, 0.3) is 0 Å². The number of piperazine rings is 1. The Morgan fingerprint density at radius 2 is 2.00 bits per heavy atom. The van der Waals surface area contributed by atoms with Gasteiger partial charge >= 0.3 is 0 Å². The smallest absolute Gasteiger partial charge is 0.233 e. The van der Waals surface area contributed by atoms with Crippen molar-refractivity contribution in [3.8, 4) is 0 Å². The molecule has 2 fully saturated rings. The van der Waals surface area contributed by atoms with Gasteiger partial charge in [-0.15, -0.1) is 0 Å². The molecule has 0 unspecified atom stereocenters. The molecule has 138 valence electrons. The molecular formula is C20H30N2O3. The van der Waals surface area contributed by atoms with Gasteiger partial charge in [-0.25, -0.2) is 0 Å². The molecule has 1 saturated heterocycles. The maximum Gasteiger partial charge on any atom is 0.233 e. The number of amides is 1. The molecule has 0 radical (unpaired) electrons. The molecule has 1 N–H and O–H groups in total. The van der Waals surface area contributed by atoms with E-state index in [0.717, 1.165) is 39.0 Å². The molecule has 1 aliphatic heterocycles. The fraction of sp³-hybridized carbons (Fsp3) is 0.650. The molecule has 1 aromatic rings. The van der Waals surface area contributed by atoms with Crippen LogP contribution in [0.2, 0.25) is 0 Å². The Bertz CT molecular complexity index is 592. The molecule has 1 amide bonds. The highest BCUT2D eigenvalue weighted by Crippen LogP contribution is 2.49. The monoisotopic (exact) mass is 346 g/mol. The lowest BCUT2D eigenvalue weighted by molar-refractivity contribution is -0.136. The summed E-state index contributed by atoms with van der Waals surface area (Å²) in [5, 5.41) is 9.97. The van der Waals surface area contributed by atoms with Gasteiger partial charge in [0.05, 0.1) is 18.1 Å². The van der Waals surface area contributed by atoms with E-state index in [9.17, 15) is 9.90 Å². The van der Waals surface area contributed by atoms with E-state index in [1.165, 1.54) is 11.1 Å². The molecule has 2 aliphatic rings. The minimum atomic E-state index is -0.454. The third-order valence-electron chi connectivity index (χ3n) is 5.37. The van der Waals surface area contributed by atoms with Crippen molar-refractivity contribution in [1.82, 2.24) is 9.80 Å². The Morgan fingerprint density at radius 1 is 1.28 bits per heavy atom. The van der Waals surface area contributed by atoms with Crippen molar-refractivity contribution in [3.63, 3.8) is 0 Å². The van der Waals surface area contributed by atoms with Crippen LogP contribution in [0, 0.1) is 6.92 Å². The second kappa shape index (κ2) is 7.85. The van der Waals surface area contributed by atoms with Crippen molar-refractivity contribution in [1.29, 1.82) is 0 Å². The number of carbonyl (C=O) groups is 1. The first-order valence-electron chi connectivity index (χ1n) is 9.40. The predicted octanol–water partition coefficient (Wildman–Crippen LogP) is 1.57. The van der Waals surface area contributed by atoms with Gasteiger partial charge in [-0.1, -0.05) is 29.8 Å². The molecule has 3 rings (SSSR count). The highest BCUT2D eigenvalue weighted by molar-refractivity contribution is 5.91. The van der Waals surface area contributed by atoms with E-state index in [4.69, 9.17) is 4.74 Å². The van der Waals surface area contributed by atoms with Crippen molar-refractivity contribution >= 4 is 5.91 Å². The largest absolute Gasteiger partial charge is 0.389 e. The number of carbonyl (C=O) groups excluding carboxylic acids is 1. The highest BCUT2D eigenvalue weighted by Gasteiger charge is 2.53. The van der Waals surface area contributed by atoms with Crippen molar-refractivity contribution < 1.29 is 14.6 Å². The number of benzene rings is 1. The molecule has 5 nitrogen and oxygen atoms in total. The minimum absolute atomic E-state index is 0.275. The third-order valence-corrected chi connectivity index (χ3v) is 5.37. The number of hydrogen-bond donors (Lipinski definition) is 1. The lowest BCUT2D eigenvalue weighted by Crippen LogP contribution is -2.53. The van der Waals surface area contributed by atoms with Crippen LogP contribution in [0.25, 0.3) is 0 Å². The van der Waals surface area contributed by atoms with Crippen LogP contribution in [0.1, 0.15) is 30.9 Å². The fourth-order valence-corrected chi connectivity index (χ4v) is 3.73. The van der Waals surface area contributed by atoms with Crippen molar-refractivity contribution in [2.45, 2.75) is 38.2 Å². The topological polar surface area (TPSA) is 53.0 Å². The van der Waals surface area contributed by atoms with E-state index in [2.05, 4.69) is 36.1 Å². The summed E-state index contributed by atoms with van der Waals surface area (Å²) in [6.07, 6.45) is 1.47. The van der Waals surface area contributed by atoms with E-state index in [1.807, 2.05) is 11.8 Å². The molecule has 5 heteroatoms. The molecule has 1 aromatic carbocycles. The molecular weight excluding hydrogens is 316 g/mol. The molecule has 0 bridgehead atoms. The third kappa shape index (κ3) is 4.22. The summed E-state index contributed by atoms with van der Waals surface area (Å²) in [6, 6.07) is 8.38. The Labute approximate surface area is 150 Å². The van der Waals surface area contributed by atoms with Gasteiger partial charge in [-0.2, -0.15) is 0 Å². The summed E-state index contributed by atoms with van der Waals surface area (Å²) < 4.78 is 5.27. The number of nitrogens with zero attached hydrogens (tertiary/aromatic N) is 2. The zero-order chi connectivity index (χ0) is 17.9. The maximum absolute atomic E-state index is 13.1. The SMILES string of the molecule is CCOC[C@@H](O)CN1CCN(C(=O)C2(c3cccc(C)c3)CC2)CC1. The molecule has 1 aliphatic carbocycles. The molecule has 1 heterocycles. The lowest BCUT2D eigenvalue weighted by atomic mass is 9.92. The van der Waals surface area contributed by atoms with Gasteiger partial charge in [0.2, 0.25) is 5.91 Å². The van der Waals surface area contributed by atoms with Crippen LogP contribution in [0.3, 0.4) is 0 Å². The number of aliphatic hydroxyl groups is 1. The number of aliphatic hydroxyl groups excluding tert-OH is 1. The highest BCUT2D eigenvalue weighted by atomic mass is 16.5. The lowest BCUT2D eigenvalue weighted by Gasteiger charge is -2.37. The Morgan fingerprint density at radius 3 is 2.60 bits per heavy atom. The van der Waals surface area contributed by atoms with E-state index in [0.29, 0.717) is 19.8 Å².